The van der Waals surface area contributed by atoms with Crippen LogP contribution in [0.3, 0.4) is 0 Å². The SMILES string of the molecule is CC1=CC(C#N)C2C=CC=CN2C1=O. The van der Waals surface area contributed by atoms with E-state index < -0.39 is 0 Å². The predicted molar refractivity (Wildman–Crippen MR) is 51.8 cm³/mol. The molecule has 2 unspecified atom stereocenters. The fourth-order valence-corrected chi connectivity index (χ4v) is 1.76. The minimum Gasteiger partial charge on any atom is -0.307 e. The third-order valence-electron chi connectivity index (χ3n) is 2.51. The van der Waals surface area contributed by atoms with Gasteiger partial charge in [0.05, 0.1) is 18.0 Å². The molecule has 0 aliphatic carbocycles. The average molecular weight is 186 g/mol. The van der Waals surface area contributed by atoms with Crippen molar-refractivity contribution in [1.29, 1.82) is 5.26 Å². The second kappa shape index (κ2) is 3.15. The predicted octanol–water partition coefficient (Wildman–Crippen LogP) is 1.37. The molecular weight excluding hydrogens is 176 g/mol. The minimum absolute atomic E-state index is 0.0119. The zero-order chi connectivity index (χ0) is 10.1. The Labute approximate surface area is 82.6 Å². The van der Waals surface area contributed by atoms with Crippen molar-refractivity contribution in [3.8, 4) is 6.07 Å². The highest BCUT2D eigenvalue weighted by Gasteiger charge is 2.32. The lowest BCUT2D eigenvalue weighted by molar-refractivity contribution is -0.126. The van der Waals surface area contributed by atoms with Crippen LogP contribution in [0.5, 0.6) is 0 Å². The van der Waals surface area contributed by atoms with E-state index in [0.29, 0.717) is 5.57 Å². The van der Waals surface area contributed by atoms with Crippen LogP contribution in [0.2, 0.25) is 0 Å². The Balaban J connectivity index is 2.43. The van der Waals surface area contributed by atoms with E-state index in [1.165, 1.54) is 0 Å². The molecular formula is C11H10N2O. The number of hydrogen-bond donors (Lipinski definition) is 0. The summed E-state index contributed by atoms with van der Waals surface area (Å²) in [6.07, 6.45) is 9.03. The molecule has 0 aromatic rings. The van der Waals surface area contributed by atoms with Gasteiger partial charge in [0.2, 0.25) is 0 Å². The molecule has 0 bridgehead atoms. The van der Waals surface area contributed by atoms with Gasteiger partial charge in [-0.05, 0) is 13.0 Å². The highest BCUT2D eigenvalue weighted by molar-refractivity contribution is 5.95. The number of rotatable bonds is 0. The number of nitrogens with zero attached hydrogens (tertiary/aromatic N) is 2. The summed E-state index contributed by atoms with van der Waals surface area (Å²) in [5, 5.41) is 8.94. The van der Waals surface area contributed by atoms with Crippen LogP contribution in [0, 0.1) is 17.2 Å². The van der Waals surface area contributed by atoms with Crippen LogP contribution in [0.25, 0.3) is 0 Å². The number of nitriles is 1. The van der Waals surface area contributed by atoms with Crippen LogP contribution in [-0.2, 0) is 4.79 Å². The van der Waals surface area contributed by atoms with Crippen LogP contribution < -0.4 is 0 Å². The Bertz CT molecular complexity index is 398. The molecule has 2 atom stereocenters. The molecule has 1 amide bonds. The maximum atomic E-state index is 11.7. The highest BCUT2D eigenvalue weighted by Crippen LogP contribution is 2.25. The fourth-order valence-electron chi connectivity index (χ4n) is 1.76. The number of amides is 1. The van der Waals surface area contributed by atoms with Crippen molar-refractivity contribution < 1.29 is 4.79 Å². The van der Waals surface area contributed by atoms with Crippen molar-refractivity contribution in [2.75, 3.05) is 0 Å². The molecule has 0 fully saturated rings. The van der Waals surface area contributed by atoms with Crippen molar-refractivity contribution in [3.05, 3.63) is 36.1 Å². The van der Waals surface area contributed by atoms with Gasteiger partial charge >= 0.3 is 0 Å². The Morgan fingerprint density at radius 2 is 2.29 bits per heavy atom. The fraction of sp³-hybridized carbons (Fsp3) is 0.273. The Kier molecular flexibility index (Phi) is 1.97. The minimum atomic E-state index is -0.228. The lowest BCUT2D eigenvalue weighted by Crippen LogP contribution is -2.43. The Morgan fingerprint density at radius 3 is 3.00 bits per heavy atom. The molecule has 70 valence electrons. The van der Waals surface area contributed by atoms with Crippen LogP contribution in [0.1, 0.15) is 6.92 Å². The van der Waals surface area contributed by atoms with Crippen molar-refractivity contribution in [2.45, 2.75) is 13.0 Å². The van der Waals surface area contributed by atoms with Crippen LogP contribution in [-0.4, -0.2) is 16.8 Å². The molecule has 0 saturated carbocycles. The van der Waals surface area contributed by atoms with Gasteiger partial charge in [-0.25, -0.2) is 0 Å². The first kappa shape index (κ1) is 8.76. The number of hydrogen-bond acceptors (Lipinski definition) is 2. The first-order valence-corrected chi connectivity index (χ1v) is 4.50. The number of carbonyl (C=O) groups excluding carboxylic acids is 1. The average Bonchev–Trinajstić information content (AvgIpc) is 2.23. The lowest BCUT2D eigenvalue weighted by atomic mass is 9.91. The number of fused-ring (bicyclic) bond motifs is 1. The van der Waals surface area contributed by atoms with E-state index in [0.717, 1.165) is 0 Å². The van der Waals surface area contributed by atoms with Gasteiger partial charge in [-0.15, -0.1) is 0 Å². The molecule has 2 aliphatic heterocycles. The van der Waals surface area contributed by atoms with Crippen LogP contribution in [0.15, 0.2) is 36.1 Å². The maximum Gasteiger partial charge on any atom is 0.253 e. The van der Waals surface area contributed by atoms with Crippen molar-refractivity contribution in [2.24, 2.45) is 5.92 Å². The van der Waals surface area contributed by atoms with Crippen LogP contribution in [0.4, 0.5) is 0 Å². The molecule has 0 spiro atoms. The molecule has 2 aliphatic rings. The van der Waals surface area contributed by atoms with Gasteiger partial charge in [-0.1, -0.05) is 18.2 Å². The smallest absolute Gasteiger partial charge is 0.253 e. The molecule has 0 aromatic carbocycles. The largest absolute Gasteiger partial charge is 0.307 e. The van der Waals surface area contributed by atoms with Gasteiger partial charge < -0.3 is 4.90 Å². The quantitative estimate of drug-likeness (QED) is 0.573. The van der Waals surface area contributed by atoms with Gasteiger partial charge in [0, 0.05) is 11.8 Å². The van der Waals surface area contributed by atoms with E-state index in [2.05, 4.69) is 6.07 Å². The monoisotopic (exact) mass is 186 g/mol. The second-order valence-corrected chi connectivity index (χ2v) is 3.43. The first-order valence-electron chi connectivity index (χ1n) is 4.50. The molecule has 3 heteroatoms. The van der Waals surface area contributed by atoms with Crippen molar-refractivity contribution in [3.63, 3.8) is 0 Å². The summed E-state index contributed by atoms with van der Waals surface area (Å²) in [5.74, 6) is -0.240. The van der Waals surface area contributed by atoms with Gasteiger partial charge in [0.15, 0.2) is 0 Å². The van der Waals surface area contributed by atoms with Gasteiger partial charge in [0.1, 0.15) is 0 Å². The van der Waals surface area contributed by atoms with Gasteiger partial charge in [-0.3, -0.25) is 4.79 Å². The van der Waals surface area contributed by atoms with E-state index in [1.54, 1.807) is 30.2 Å². The van der Waals surface area contributed by atoms with E-state index in [4.69, 9.17) is 5.26 Å². The van der Waals surface area contributed by atoms with E-state index >= 15 is 0 Å². The van der Waals surface area contributed by atoms with Crippen LogP contribution >= 0.6 is 0 Å². The molecule has 2 heterocycles. The summed E-state index contributed by atoms with van der Waals surface area (Å²) in [6.45, 7) is 1.75. The molecule has 0 aromatic heterocycles. The third-order valence-corrected chi connectivity index (χ3v) is 2.51. The van der Waals surface area contributed by atoms with Gasteiger partial charge in [-0.2, -0.15) is 5.26 Å². The molecule has 3 nitrogen and oxygen atoms in total. The number of carbonyl (C=O) groups is 1. The second-order valence-electron chi connectivity index (χ2n) is 3.43. The zero-order valence-electron chi connectivity index (χ0n) is 7.84. The number of allylic oxidation sites excluding steroid dienone is 2. The summed E-state index contributed by atoms with van der Waals surface area (Å²) in [7, 11) is 0. The maximum absolute atomic E-state index is 11.7. The Hall–Kier alpha value is -1.82. The first-order chi connectivity index (χ1) is 6.74. The van der Waals surface area contributed by atoms with E-state index in [1.807, 2.05) is 12.2 Å². The normalized spacial score (nSPS) is 29.6. The topological polar surface area (TPSA) is 44.1 Å². The molecule has 0 radical (unpaired) electrons. The third kappa shape index (κ3) is 1.16. The summed E-state index contributed by atoms with van der Waals surface area (Å²) in [4.78, 5) is 13.3. The van der Waals surface area contributed by atoms with Crippen molar-refractivity contribution in [1.82, 2.24) is 4.90 Å². The van der Waals surface area contributed by atoms with Crippen molar-refractivity contribution >= 4 is 5.91 Å². The van der Waals surface area contributed by atoms with Gasteiger partial charge in [0.25, 0.3) is 5.91 Å². The lowest BCUT2D eigenvalue weighted by Gasteiger charge is -2.34. The summed E-state index contributed by atoms with van der Waals surface area (Å²) >= 11 is 0. The molecule has 14 heavy (non-hydrogen) atoms. The zero-order valence-corrected chi connectivity index (χ0v) is 7.84. The molecule has 0 saturated heterocycles. The summed E-state index contributed by atoms with van der Waals surface area (Å²) in [5.41, 5.74) is 0.646. The Morgan fingerprint density at radius 1 is 1.50 bits per heavy atom. The highest BCUT2D eigenvalue weighted by atomic mass is 16.2. The standard InChI is InChI=1S/C11H10N2O/c1-8-6-9(7-12)10-4-2-3-5-13(10)11(8)14/h2-6,9-10H,1H3. The van der Waals surface area contributed by atoms with E-state index in [9.17, 15) is 4.79 Å². The van der Waals surface area contributed by atoms with E-state index in [-0.39, 0.29) is 17.9 Å². The molecule has 0 N–H and O–H groups in total. The summed E-state index contributed by atoms with van der Waals surface area (Å²) < 4.78 is 0. The summed E-state index contributed by atoms with van der Waals surface area (Å²) in [6, 6.07) is 2.07. The molecule has 2 rings (SSSR count).